The molecule has 0 unspecified atom stereocenters. The van der Waals surface area contributed by atoms with Gasteiger partial charge in [0.15, 0.2) is 0 Å². The quantitative estimate of drug-likeness (QED) is 0.827. The second-order valence-electron chi connectivity index (χ2n) is 6.79. The van der Waals surface area contributed by atoms with E-state index in [0.717, 1.165) is 16.4 Å². The largest absolute Gasteiger partial charge is 0.359 e. The van der Waals surface area contributed by atoms with Crippen LogP contribution in [0, 0.1) is 0 Å². The lowest BCUT2D eigenvalue weighted by Gasteiger charge is -2.24. The number of para-hydroxylation sites is 1. The van der Waals surface area contributed by atoms with E-state index in [4.69, 9.17) is 11.6 Å². The first kappa shape index (κ1) is 19.7. The molecule has 0 fully saturated rings. The molecule has 1 atom stereocenters. The van der Waals surface area contributed by atoms with Gasteiger partial charge in [0, 0.05) is 31.5 Å². The Balaban J connectivity index is 1.78. The average Bonchev–Trinajstić information content (AvgIpc) is 2.92. The van der Waals surface area contributed by atoms with Gasteiger partial charge in [-0.15, -0.1) is 0 Å². The molecule has 2 aromatic rings. The van der Waals surface area contributed by atoms with E-state index >= 15 is 0 Å². The van der Waals surface area contributed by atoms with E-state index in [1.165, 1.54) is 31.8 Å². The van der Waals surface area contributed by atoms with Gasteiger partial charge in [-0.3, -0.25) is 4.79 Å². The monoisotopic (exact) mass is 407 g/mol. The number of hydrogen-bond acceptors (Lipinski definition) is 4. The van der Waals surface area contributed by atoms with Crippen LogP contribution in [0.4, 0.5) is 11.4 Å². The molecule has 0 spiro atoms. The first-order chi connectivity index (χ1) is 12.7. The number of fused-ring (bicyclic) bond motifs is 1. The number of hydrogen-bond donors (Lipinski definition) is 1. The summed E-state index contributed by atoms with van der Waals surface area (Å²) in [6.07, 6.45) is 0.898. The maximum absolute atomic E-state index is 12.6. The van der Waals surface area contributed by atoms with E-state index in [-0.39, 0.29) is 28.4 Å². The number of nitrogens with one attached hydrogen (secondary N) is 1. The number of sulfonamides is 1. The van der Waals surface area contributed by atoms with Crippen LogP contribution in [-0.2, 0) is 21.2 Å². The van der Waals surface area contributed by atoms with Crippen LogP contribution in [-0.4, -0.2) is 45.3 Å². The highest BCUT2D eigenvalue weighted by Gasteiger charge is 2.27. The minimum Gasteiger partial charge on any atom is -0.359 e. The zero-order valence-electron chi connectivity index (χ0n) is 15.4. The van der Waals surface area contributed by atoms with Gasteiger partial charge >= 0.3 is 0 Å². The molecule has 1 aliphatic heterocycles. The van der Waals surface area contributed by atoms with Gasteiger partial charge in [0.05, 0.1) is 11.6 Å². The number of carbonyl (C=O) groups excluding carboxylic acids is 1. The fraction of sp³-hybridized carbons (Fsp3) is 0.316. The molecule has 0 bridgehead atoms. The summed E-state index contributed by atoms with van der Waals surface area (Å²) in [5.74, 6) is -0.214. The van der Waals surface area contributed by atoms with Crippen LogP contribution in [0.25, 0.3) is 0 Å². The summed E-state index contributed by atoms with van der Waals surface area (Å²) in [5, 5.41) is 2.89. The van der Waals surface area contributed by atoms with Crippen molar-refractivity contribution in [3.63, 3.8) is 0 Å². The van der Waals surface area contributed by atoms with Crippen molar-refractivity contribution >= 4 is 38.9 Å². The van der Waals surface area contributed by atoms with Crippen molar-refractivity contribution in [2.45, 2.75) is 24.3 Å². The highest BCUT2D eigenvalue weighted by molar-refractivity contribution is 7.89. The Bertz CT molecular complexity index is 976. The Kier molecular flexibility index (Phi) is 5.46. The standard InChI is InChI=1S/C19H22ClN3O3S/c1-13-10-14-6-4-5-7-17(14)23(13)12-19(24)21-15-8-9-16(20)18(11-15)27(25,26)22(2)3/h4-9,11,13H,10,12H2,1-3H3,(H,21,24)/t13-/m0/s1. The lowest BCUT2D eigenvalue weighted by Crippen LogP contribution is -2.37. The molecule has 0 aromatic heterocycles. The van der Waals surface area contributed by atoms with Gasteiger partial charge < -0.3 is 10.2 Å². The van der Waals surface area contributed by atoms with Crippen LogP contribution in [0.2, 0.25) is 5.02 Å². The Labute approximate surface area is 164 Å². The topological polar surface area (TPSA) is 69.7 Å². The summed E-state index contributed by atoms with van der Waals surface area (Å²) in [4.78, 5) is 14.6. The van der Waals surface area contributed by atoms with Crippen LogP contribution in [0.1, 0.15) is 12.5 Å². The second-order valence-corrected chi connectivity index (χ2v) is 9.32. The van der Waals surface area contributed by atoms with Gasteiger partial charge in [0.2, 0.25) is 15.9 Å². The number of anilines is 2. The molecule has 6 nitrogen and oxygen atoms in total. The van der Waals surface area contributed by atoms with Crippen molar-refractivity contribution in [1.29, 1.82) is 0 Å². The molecule has 0 saturated carbocycles. The summed E-state index contributed by atoms with van der Waals surface area (Å²) >= 11 is 6.05. The third-order valence-electron chi connectivity index (χ3n) is 4.64. The Morgan fingerprint density at radius 2 is 1.96 bits per heavy atom. The zero-order valence-corrected chi connectivity index (χ0v) is 17.0. The number of rotatable bonds is 5. The highest BCUT2D eigenvalue weighted by Crippen LogP contribution is 2.31. The fourth-order valence-electron chi connectivity index (χ4n) is 3.20. The lowest BCUT2D eigenvalue weighted by molar-refractivity contribution is -0.115. The van der Waals surface area contributed by atoms with E-state index in [2.05, 4.69) is 23.2 Å². The Morgan fingerprint density at radius 1 is 1.26 bits per heavy atom. The first-order valence-corrected chi connectivity index (χ1v) is 10.4. The highest BCUT2D eigenvalue weighted by atomic mass is 35.5. The van der Waals surface area contributed by atoms with Crippen LogP contribution >= 0.6 is 11.6 Å². The van der Waals surface area contributed by atoms with E-state index in [0.29, 0.717) is 5.69 Å². The summed E-state index contributed by atoms with van der Waals surface area (Å²) in [6.45, 7) is 2.27. The summed E-state index contributed by atoms with van der Waals surface area (Å²) in [7, 11) is -0.830. The molecule has 1 N–H and O–H groups in total. The van der Waals surface area contributed by atoms with E-state index in [1.807, 2.05) is 18.2 Å². The third-order valence-corrected chi connectivity index (χ3v) is 6.93. The van der Waals surface area contributed by atoms with E-state index in [1.54, 1.807) is 6.07 Å². The van der Waals surface area contributed by atoms with Gasteiger partial charge in [0.1, 0.15) is 4.90 Å². The minimum atomic E-state index is -3.70. The normalized spacial score (nSPS) is 16.5. The SMILES string of the molecule is C[C@H]1Cc2ccccc2N1CC(=O)Nc1ccc(Cl)c(S(=O)(=O)N(C)C)c1. The lowest BCUT2D eigenvalue weighted by atomic mass is 10.1. The molecule has 1 aliphatic rings. The van der Waals surface area contributed by atoms with Crippen molar-refractivity contribution < 1.29 is 13.2 Å². The van der Waals surface area contributed by atoms with Crippen molar-refractivity contribution in [1.82, 2.24) is 4.31 Å². The van der Waals surface area contributed by atoms with Gasteiger partial charge in [-0.25, -0.2) is 12.7 Å². The molecule has 144 valence electrons. The van der Waals surface area contributed by atoms with Crippen molar-refractivity contribution in [2.75, 3.05) is 30.9 Å². The van der Waals surface area contributed by atoms with Crippen molar-refractivity contribution in [2.24, 2.45) is 0 Å². The average molecular weight is 408 g/mol. The van der Waals surface area contributed by atoms with Gasteiger partial charge in [-0.1, -0.05) is 29.8 Å². The maximum atomic E-state index is 12.6. The molecule has 1 amide bonds. The summed E-state index contributed by atoms with van der Waals surface area (Å²) in [5.41, 5.74) is 2.68. The molecule has 3 rings (SSSR count). The molecule has 2 aromatic carbocycles. The summed E-state index contributed by atoms with van der Waals surface area (Å²) in [6, 6.07) is 12.7. The van der Waals surface area contributed by atoms with Gasteiger partial charge in [-0.2, -0.15) is 0 Å². The molecular formula is C19H22ClN3O3S. The fourth-order valence-corrected chi connectivity index (χ4v) is 4.60. The van der Waals surface area contributed by atoms with Crippen molar-refractivity contribution in [3.8, 4) is 0 Å². The molecule has 0 radical (unpaired) electrons. The Morgan fingerprint density at radius 3 is 2.67 bits per heavy atom. The maximum Gasteiger partial charge on any atom is 0.244 e. The number of halogens is 1. The smallest absolute Gasteiger partial charge is 0.244 e. The van der Waals surface area contributed by atoms with Crippen LogP contribution in [0.15, 0.2) is 47.4 Å². The minimum absolute atomic E-state index is 0.0353. The number of carbonyl (C=O) groups is 1. The molecule has 8 heteroatoms. The second kappa shape index (κ2) is 7.50. The molecule has 27 heavy (non-hydrogen) atoms. The van der Waals surface area contributed by atoms with E-state index in [9.17, 15) is 13.2 Å². The number of amides is 1. The van der Waals surface area contributed by atoms with Crippen LogP contribution in [0.5, 0.6) is 0 Å². The first-order valence-electron chi connectivity index (χ1n) is 8.56. The molecular weight excluding hydrogens is 386 g/mol. The zero-order chi connectivity index (χ0) is 19.8. The van der Waals surface area contributed by atoms with E-state index < -0.39 is 10.0 Å². The molecule has 1 heterocycles. The summed E-state index contributed by atoms with van der Waals surface area (Å²) < 4.78 is 25.8. The number of benzene rings is 2. The van der Waals surface area contributed by atoms with Crippen LogP contribution in [0.3, 0.4) is 0 Å². The third kappa shape index (κ3) is 3.95. The van der Waals surface area contributed by atoms with Crippen molar-refractivity contribution in [3.05, 3.63) is 53.1 Å². The predicted molar refractivity (Wildman–Crippen MR) is 108 cm³/mol. The Hall–Kier alpha value is -2.09. The predicted octanol–water partition coefficient (Wildman–Crippen LogP) is 2.98. The van der Waals surface area contributed by atoms with Gasteiger partial charge in [-0.05, 0) is 43.2 Å². The van der Waals surface area contributed by atoms with Crippen LogP contribution < -0.4 is 10.2 Å². The number of nitrogens with zero attached hydrogens (tertiary/aromatic N) is 2. The van der Waals surface area contributed by atoms with Gasteiger partial charge in [0.25, 0.3) is 0 Å². The molecule has 0 aliphatic carbocycles. The molecule has 0 saturated heterocycles.